The molecule has 4 heteroatoms. The van der Waals surface area contributed by atoms with Crippen molar-refractivity contribution in [3.05, 3.63) is 0 Å². The van der Waals surface area contributed by atoms with Crippen LogP contribution in [-0.2, 0) is 4.74 Å². The Bertz CT molecular complexity index is 250. The predicted molar refractivity (Wildman–Crippen MR) is 67.0 cm³/mol. The van der Waals surface area contributed by atoms with Gasteiger partial charge < -0.3 is 15.0 Å². The Morgan fingerprint density at radius 2 is 2.06 bits per heavy atom. The van der Waals surface area contributed by atoms with E-state index in [1.54, 1.807) is 0 Å². The van der Waals surface area contributed by atoms with Crippen LogP contribution < -0.4 is 5.32 Å². The normalized spacial score (nSPS) is 26.2. The molecule has 0 aromatic rings. The molecule has 0 aromatic carbocycles. The third-order valence-corrected chi connectivity index (χ3v) is 3.75. The number of amides is 2. The van der Waals surface area contributed by atoms with Crippen LogP contribution >= 0.6 is 0 Å². The van der Waals surface area contributed by atoms with Gasteiger partial charge in [0.05, 0.1) is 6.10 Å². The number of urea groups is 1. The Morgan fingerprint density at radius 3 is 2.76 bits per heavy atom. The Morgan fingerprint density at radius 1 is 1.29 bits per heavy atom. The number of rotatable bonds is 3. The number of ether oxygens (including phenoxy) is 1. The summed E-state index contributed by atoms with van der Waals surface area (Å²) in [5, 5.41) is 3.14. The first-order chi connectivity index (χ1) is 8.29. The molecule has 1 unspecified atom stereocenters. The second-order valence-electron chi connectivity index (χ2n) is 5.10. The number of nitrogens with zero attached hydrogens (tertiary/aromatic N) is 1. The molecule has 4 nitrogen and oxygen atoms in total. The van der Waals surface area contributed by atoms with Crippen molar-refractivity contribution in [2.24, 2.45) is 0 Å². The number of likely N-dealkylation sites (tertiary alicyclic amines) is 1. The standard InChI is InChI=1S/C13H24N2O2/c1-2-17-12-8-5-9-15(10-12)13(16)14-11-6-3-4-7-11/h11-12H,2-10H2,1H3,(H,14,16). The van der Waals surface area contributed by atoms with Gasteiger partial charge in [0.15, 0.2) is 0 Å². The fourth-order valence-corrected chi connectivity index (χ4v) is 2.83. The highest BCUT2D eigenvalue weighted by atomic mass is 16.5. The predicted octanol–water partition coefficient (Wildman–Crippen LogP) is 2.14. The topological polar surface area (TPSA) is 41.6 Å². The molecule has 17 heavy (non-hydrogen) atoms. The zero-order chi connectivity index (χ0) is 12.1. The van der Waals surface area contributed by atoms with Gasteiger partial charge in [0.2, 0.25) is 0 Å². The molecule has 0 aromatic heterocycles. The molecule has 98 valence electrons. The van der Waals surface area contributed by atoms with Crippen molar-refractivity contribution in [3.8, 4) is 0 Å². The van der Waals surface area contributed by atoms with Gasteiger partial charge in [-0.25, -0.2) is 4.79 Å². The molecular formula is C13H24N2O2. The lowest BCUT2D eigenvalue weighted by Gasteiger charge is -2.33. The van der Waals surface area contributed by atoms with Crippen LogP contribution in [-0.4, -0.2) is 42.8 Å². The number of carbonyl (C=O) groups is 1. The summed E-state index contributed by atoms with van der Waals surface area (Å²) in [7, 11) is 0. The van der Waals surface area contributed by atoms with Crippen LogP contribution in [0.2, 0.25) is 0 Å². The molecule has 1 aliphatic heterocycles. The third kappa shape index (κ3) is 3.60. The van der Waals surface area contributed by atoms with Crippen LogP contribution in [0.3, 0.4) is 0 Å². The molecule has 2 fully saturated rings. The molecule has 0 spiro atoms. The quantitative estimate of drug-likeness (QED) is 0.821. The van der Waals surface area contributed by atoms with Crippen LogP contribution in [0, 0.1) is 0 Å². The van der Waals surface area contributed by atoms with Gasteiger partial charge in [-0.15, -0.1) is 0 Å². The van der Waals surface area contributed by atoms with Gasteiger partial charge in [-0.05, 0) is 32.6 Å². The minimum Gasteiger partial charge on any atom is -0.377 e. The van der Waals surface area contributed by atoms with E-state index in [2.05, 4.69) is 5.32 Å². The summed E-state index contributed by atoms with van der Waals surface area (Å²) in [5.74, 6) is 0. The lowest BCUT2D eigenvalue weighted by atomic mass is 10.1. The highest BCUT2D eigenvalue weighted by Gasteiger charge is 2.26. The Labute approximate surface area is 104 Å². The van der Waals surface area contributed by atoms with Crippen molar-refractivity contribution in [1.29, 1.82) is 0 Å². The van der Waals surface area contributed by atoms with Crippen LogP contribution in [0.5, 0.6) is 0 Å². The second kappa shape index (κ2) is 6.24. The summed E-state index contributed by atoms with van der Waals surface area (Å²) < 4.78 is 5.61. The van der Waals surface area contributed by atoms with Crippen molar-refractivity contribution in [1.82, 2.24) is 10.2 Å². The van der Waals surface area contributed by atoms with E-state index in [1.807, 2.05) is 11.8 Å². The Balaban J connectivity index is 1.77. The first-order valence-electron chi connectivity index (χ1n) is 6.96. The lowest BCUT2D eigenvalue weighted by Crippen LogP contribution is -2.49. The monoisotopic (exact) mass is 240 g/mol. The molecule has 1 atom stereocenters. The van der Waals surface area contributed by atoms with Crippen molar-refractivity contribution in [2.45, 2.75) is 57.6 Å². The molecule has 1 N–H and O–H groups in total. The van der Waals surface area contributed by atoms with Gasteiger partial charge >= 0.3 is 6.03 Å². The van der Waals surface area contributed by atoms with E-state index in [4.69, 9.17) is 4.74 Å². The Hall–Kier alpha value is -0.770. The van der Waals surface area contributed by atoms with E-state index in [9.17, 15) is 4.79 Å². The van der Waals surface area contributed by atoms with Crippen LogP contribution in [0.1, 0.15) is 45.4 Å². The van der Waals surface area contributed by atoms with E-state index in [0.717, 1.165) is 45.4 Å². The van der Waals surface area contributed by atoms with Gasteiger partial charge in [-0.1, -0.05) is 12.8 Å². The fraction of sp³-hybridized carbons (Fsp3) is 0.923. The molecule has 1 heterocycles. The Kier molecular flexibility index (Phi) is 4.66. The van der Waals surface area contributed by atoms with Gasteiger partial charge in [0, 0.05) is 25.7 Å². The van der Waals surface area contributed by atoms with E-state index in [-0.39, 0.29) is 12.1 Å². The van der Waals surface area contributed by atoms with E-state index in [0.29, 0.717) is 6.04 Å². The summed E-state index contributed by atoms with van der Waals surface area (Å²) in [6, 6.07) is 0.524. The average Bonchev–Trinajstić information content (AvgIpc) is 2.83. The number of piperidine rings is 1. The van der Waals surface area contributed by atoms with Gasteiger partial charge in [-0.3, -0.25) is 0 Å². The first-order valence-corrected chi connectivity index (χ1v) is 6.96. The third-order valence-electron chi connectivity index (χ3n) is 3.75. The summed E-state index contributed by atoms with van der Waals surface area (Å²) in [6.07, 6.45) is 7.19. The maximum absolute atomic E-state index is 12.1. The molecule has 0 bridgehead atoms. The maximum Gasteiger partial charge on any atom is 0.317 e. The average molecular weight is 240 g/mol. The largest absolute Gasteiger partial charge is 0.377 e. The number of hydrogen-bond donors (Lipinski definition) is 1. The first kappa shape index (κ1) is 12.7. The number of carbonyl (C=O) groups excluding carboxylic acids is 1. The number of hydrogen-bond acceptors (Lipinski definition) is 2. The minimum atomic E-state index is 0.112. The van der Waals surface area contributed by atoms with Gasteiger partial charge in [-0.2, -0.15) is 0 Å². The zero-order valence-electron chi connectivity index (χ0n) is 10.8. The molecule has 2 rings (SSSR count). The van der Waals surface area contributed by atoms with Gasteiger partial charge in [0.25, 0.3) is 0 Å². The van der Waals surface area contributed by atoms with Crippen molar-refractivity contribution in [3.63, 3.8) is 0 Å². The summed E-state index contributed by atoms with van der Waals surface area (Å²) >= 11 is 0. The van der Waals surface area contributed by atoms with E-state index in [1.165, 1.54) is 12.8 Å². The van der Waals surface area contributed by atoms with Crippen LogP contribution in [0.25, 0.3) is 0 Å². The second-order valence-corrected chi connectivity index (χ2v) is 5.10. The maximum atomic E-state index is 12.1. The van der Waals surface area contributed by atoms with E-state index < -0.39 is 0 Å². The molecular weight excluding hydrogens is 216 g/mol. The summed E-state index contributed by atoms with van der Waals surface area (Å²) in [6.45, 7) is 4.38. The molecule has 1 aliphatic carbocycles. The zero-order valence-corrected chi connectivity index (χ0v) is 10.8. The van der Waals surface area contributed by atoms with Crippen molar-refractivity contribution in [2.75, 3.05) is 19.7 Å². The molecule has 2 aliphatic rings. The van der Waals surface area contributed by atoms with Crippen molar-refractivity contribution < 1.29 is 9.53 Å². The van der Waals surface area contributed by atoms with Gasteiger partial charge in [0.1, 0.15) is 0 Å². The van der Waals surface area contributed by atoms with Crippen molar-refractivity contribution >= 4 is 6.03 Å². The lowest BCUT2D eigenvalue weighted by molar-refractivity contribution is 0.0161. The summed E-state index contributed by atoms with van der Waals surface area (Å²) in [5.41, 5.74) is 0. The summed E-state index contributed by atoms with van der Waals surface area (Å²) in [4.78, 5) is 14.0. The van der Waals surface area contributed by atoms with Crippen LogP contribution in [0.4, 0.5) is 4.79 Å². The fourth-order valence-electron chi connectivity index (χ4n) is 2.83. The highest BCUT2D eigenvalue weighted by Crippen LogP contribution is 2.19. The minimum absolute atomic E-state index is 0.112. The van der Waals surface area contributed by atoms with Crippen LogP contribution in [0.15, 0.2) is 0 Å². The SMILES string of the molecule is CCOC1CCCN(C(=O)NC2CCCC2)C1. The number of nitrogens with one attached hydrogen (secondary N) is 1. The molecule has 0 radical (unpaired) electrons. The molecule has 1 saturated heterocycles. The smallest absolute Gasteiger partial charge is 0.317 e. The van der Waals surface area contributed by atoms with E-state index >= 15 is 0 Å². The highest BCUT2D eigenvalue weighted by molar-refractivity contribution is 5.74. The molecule has 2 amide bonds. The molecule has 1 saturated carbocycles.